The number of benzene rings is 1. The first-order valence-corrected chi connectivity index (χ1v) is 7.24. The molecule has 0 amide bonds. The zero-order chi connectivity index (χ0) is 13.7. The first-order chi connectivity index (χ1) is 9.19. The van der Waals surface area contributed by atoms with Crippen LogP contribution in [-0.4, -0.2) is 24.8 Å². The maximum atomic E-state index is 10.2. The lowest BCUT2D eigenvalue weighted by Crippen LogP contribution is -2.36. The topological polar surface area (TPSA) is 41.5 Å². The standard InChI is InChI=1S/C16H25NO2/c1-12-5-3-7-14(9-12)17-11-16(18)13-6-4-8-15(10-13)19-2/h4,6,8,10,12,14,16-18H,3,5,7,9,11H2,1-2H3. The number of hydrogen-bond acceptors (Lipinski definition) is 3. The van der Waals surface area contributed by atoms with Gasteiger partial charge in [-0.3, -0.25) is 0 Å². The van der Waals surface area contributed by atoms with Crippen LogP contribution in [0.1, 0.15) is 44.3 Å². The van der Waals surface area contributed by atoms with Crippen molar-refractivity contribution in [3.8, 4) is 5.75 Å². The van der Waals surface area contributed by atoms with E-state index in [4.69, 9.17) is 4.74 Å². The van der Waals surface area contributed by atoms with E-state index in [0.29, 0.717) is 12.6 Å². The molecule has 3 nitrogen and oxygen atoms in total. The molecule has 1 aliphatic rings. The van der Waals surface area contributed by atoms with Crippen LogP contribution in [0.15, 0.2) is 24.3 Å². The van der Waals surface area contributed by atoms with Crippen LogP contribution in [0.25, 0.3) is 0 Å². The molecular formula is C16H25NO2. The van der Waals surface area contributed by atoms with E-state index in [1.807, 2.05) is 24.3 Å². The largest absolute Gasteiger partial charge is 0.497 e. The fourth-order valence-corrected chi connectivity index (χ4v) is 2.86. The van der Waals surface area contributed by atoms with Crippen molar-refractivity contribution in [3.05, 3.63) is 29.8 Å². The minimum atomic E-state index is -0.465. The van der Waals surface area contributed by atoms with Gasteiger partial charge in [0.05, 0.1) is 13.2 Å². The van der Waals surface area contributed by atoms with E-state index in [0.717, 1.165) is 17.2 Å². The summed E-state index contributed by atoms with van der Waals surface area (Å²) >= 11 is 0. The molecule has 1 aliphatic carbocycles. The molecule has 0 radical (unpaired) electrons. The third-order valence-electron chi connectivity index (χ3n) is 4.01. The van der Waals surface area contributed by atoms with Gasteiger partial charge in [0.25, 0.3) is 0 Å². The number of rotatable bonds is 5. The Labute approximate surface area is 116 Å². The normalized spacial score (nSPS) is 25.0. The van der Waals surface area contributed by atoms with Crippen LogP contribution in [0.4, 0.5) is 0 Å². The highest BCUT2D eigenvalue weighted by Gasteiger charge is 2.19. The van der Waals surface area contributed by atoms with Crippen LogP contribution in [0.2, 0.25) is 0 Å². The third kappa shape index (κ3) is 4.22. The zero-order valence-electron chi connectivity index (χ0n) is 11.9. The Morgan fingerprint density at radius 3 is 3.00 bits per heavy atom. The minimum absolute atomic E-state index is 0.465. The van der Waals surface area contributed by atoms with Gasteiger partial charge in [0.1, 0.15) is 5.75 Å². The van der Waals surface area contributed by atoms with Crippen molar-refractivity contribution in [1.29, 1.82) is 0 Å². The summed E-state index contributed by atoms with van der Waals surface area (Å²) in [5.74, 6) is 1.60. The molecule has 2 rings (SSSR count). The molecule has 3 heteroatoms. The molecule has 106 valence electrons. The predicted molar refractivity (Wildman–Crippen MR) is 77.4 cm³/mol. The van der Waals surface area contributed by atoms with Crippen molar-refractivity contribution in [2.24, 2.45) is 5.92 Å². The van der Waals surface area contributed by atoms with Crippen LogP contribution < -0.4 is 10.1 Å². The summed E-state index contributed by atoms with van der Waals surface area (Å²) in [6.07, 6.45) is 4.64. The average Bonchev–Trinajstić information content (AvgIpc) is 2.45. The summed E-state index contributed by atoms with van der Waals surface area (Å²) < 4.78 is 5.18. The monoisotopic (exact) mass is 263 g/mol. The summed E-state index contributed by atoms with van der Waals surface area (Å²) in [6, 6.07) is 8.21. The maximum absolute atomic E-state index is 10.2. The minimum Gasteiger partial charge on any atom is -0.497 e. The van der Waals surface area contributed by atoms with Crippen molar-refractivity contribution in [3.63, 3.8) is 0 Å². The predicted octanol–water partition coefficient (Wildman–Crippen LogP) is 2.90. The second-order valence-electron chi connectivity index (χ2n) is 5.67. The SMILES string of the molecule is COc1cccc(C(O)CNC2CCCC(C)C2)c1. The Hall–Kier alpha value is -1.06. The van der Waals surface area contributed by atoms with Crippen molar-refractivity contribution >= 4 is 0 Å². The summed E-state index contributed by atoms with van der Waals surface area (Å²) in [5, 5.41) is 13.7. The van der Waals surface area contributed by atoms with Crippen LogP contribution in [0.5, 0.6) is 5.75 Å². The molecule has 0 spiro atoms. The summed E-state index contributed by atoms with van der Waals surface area (Å²) in [5.41, 5.74) is 0.913. The first-order valence-electron chi connectivity index (χ1n) is 7.24. The third-order valence-corrected chi connectivity index (χ3v) is 4.01. The molecule has 0 heterocycles. The second kappa shape index (κ2) is 6.92. The molecule has 0 aromatic heterocycles. The van der Waals surface area contributed by atoms with Gasteiger partial charge >= 0.3 is 0 Å². The molecule has 2 N–H and O–H groups in total. The number of aliphatic hydroxyl groups is 1. The molecular weight excluding hydrogens is 238 g/mol. The Morgan fingerprint density at radius 2 is 2.26 bits per heavy atom. The van der Waals surface area contributed by atoms with E-state index >= 15 is 0 Å². The Morgan fingerprint density at radius 1 is 1.42 bits per heavy atom. The number of ether oxygens (including phenoxy) is 1. The highest BCUT2D eigenvalue weighted by atomic mass is 16.5. The molecule has 1 saturated carbocycles. The molecule has 0 aliphatic heterocycles. The van der Waals surface area contributed by atoms with Gasteiger partial charge in [-0.15, -0.1) is 0 Å². The van der Waals surface area contributed by atoms with Gasteiger partial charge in [-0.05, 0) is 36.5 Å². The highest BCUT2D eigenvalue weighted by molar-refractivity contribution is 5.29. The lowest BCUT2D eigenvalue weighted by Gasteiger charge is -2.28. The van der Waals surface area contributed by atoms with E-state index in [9.17, 15) is 5.11 Å². The number of methoxy groups -OCH3 is 1. The lowest BCUT2D eigenvalue weighted by molar-refractivity contribution is 0.161. The molecule has 0 saturated heterocycles. The molecule has 0 bridgehead atoms. The Bertz CT molecular complexity index is 394. The Balaban J connectivity index is 1.84. The van der Waals surface area contributed by atoms with Crippen LogP contribution >= 0.6 is 0 Å². The van der Waals surface area contributed by atoms with E-state index in [1.165, 1.54) is 25.7 Å². The van der Waals surface area contributed by atoms with Crippen molar-refractivity contribution < 1.29 is 9.84 Å². The molecule has 1 fully saturated rings. The van der Waals surface area contributed by atoms with E-state index in [2.05, 4.69) is 12.2 Å². The van der Waals surface area contributed by atoms with Gasteiger partial charge < -0.3 is 15.2 Å². The van der Waals surface area contributed by atoms with Gasteiger partial charge in [0, 0.05) is 12.6 Å². The van der Waals surface area contributed by atoms with Gasteiger partial charge in [-0.2, -0.15) is 0 Å². The number of hydrogen-bond donors (Lipinski definition) is 2. The first kappa shape index (κ1) is 14.4. The summed E-state index contributed by atoms with van der Waals surface area (Å²) in [4.78, 5) is 0. The smallest absolute Gasteiger partial charge is 0.119 e. The van der Waals surface area contributed by atoms with Crippen LogP contribution in [-0.2, 0) is 0 Å². The van der Waals surface area contributed by atoms with Crippen molar-refractivity contribution in [1.82, 2.24) is 5.32 Å². The number of aliphatic hydroxyl groups excluding tert-OH is 1. The summed E-state index contributed by atoms with van der Waals surface area (Å²) in [6.45, 7) is 2.93. The van der Waals surface area contributed by atoms with Gasteiger partial charge in [-0.1, -0.05) is 31.9 Å². The highest BCUT2D eigenvalue weighted by Crippen LogP contribution is 2.24. The van der Waals surface area contributed by atoms with E-state index in [-0.39, 0.29) is 0 Å². The van der Waals surface area contributed by atoms with Gasteiger partial charge in [0.15, 0.2) is 0 Å². The molecule has 3 unspecified atom stereocenters. The van der Waals surface area contributed by atoms with Crippen molar-refractivity contribution in [2.45, 2.75) is 44.8 Å². The fourth-order valence-electron chi connectivity index (χ4n) is 2.86. The quantitative estimate of drug-likeness (QED) is 0.858. The van der Waals surface area contributed by atoms with Gasteiger partial charge in [0.2, 0.25) is 0 Å². The van der Waals surface area contributed by atoms with E-state index in [1.54, 1.807) is 7.11 Å². The second-order valence-corrected chi connectivity index (χ2v) is 5.67. The zero-order valence-corrected chi connectivity index (χ0v) is 11.9. The van der Waals surface area contributed by atoms with Crippen LogP contribution in [0, 0.1) is 5.92 Å². The van der Waals surface area contributed by atoms with E-state index < -0.39 is 6.10 Å². The van der Waals surface area contributed by atoms with Crippen LogP contribution in [0.3, 0.4) is 0 Å². The lowest BCUT2D eigenvalue weighted by atomic mass is 9.87. The summed E-state index contributed by atoms with van der Waals surface area (Å²) in [7, 11) is 1.65. The maximum Gasteiger partial charge on any atom is 0.119 e. The molecule has 1 aromatic carbocycles. The molecule has 1 aromatic rings. The molecule has 3 atom stereocenters. The fraction of sp³-hybridized carbons (Fsp3) is 0.625. The average molecular weight is 263 g/mol. The van der Waals surface area contributed by atoms with Gasteiger partial charge in [-0.25, -0.2) is 0 Å². The van der Waals surface area contributed by atoms with Crippen molar-refractivity contribution in [2.75, 3.05) is 13.7 Å². The molecule has 19 heavy (non-hydrogen) atoms. The number of nitrogens with one attached hydrogen (secondary N) is 1. The Kier molecular flexibility index (Phi) is 5.23.